The van der Waals surface area contributed by atoms with Crippen molar-refractivity contribution in [2.75, 3.05) is 40.5 Å². The molecule has 174 valence electrons. The third-order valence-electron chi connectivity index (χ3n) is 5.77. The molecule has 3 rings (SSSR count). The molecule has 2 aliphatic rings. The predicted molar refractivity (Wildman–Crippen MR) is 117 cm³/mol. The highest BCUT2D eigenvalue weighted by atomic mass is 16.6. The highest BCUT2D eigenvalue weighted by molar-refractivity contribution is 5.92. The Morgan fingerprint density at radius 3 is 2.44 bits per heavy atom. The van der Waals surface area contributed by atoms with Crippen molar-refractivity contribution >= 4 is 23.8 Å². The van der Waals surface area contributed by atoms with E-state index in [2.05, 4.69) is 13.8 Å². The Morgan fingerprint density at radius 1 is 1.22 bits per heavy atom. The Balaban J connectivity index is 1.66. The number of nitro groups is 1. The van der Waals surface area contributed by atoms with Crippen molar-refractivity contribution in [1.82, 2.24) is 9.80 Å². The van der Waals surface area contributed by atoms with Crippen LogP contribution in [0.15, 0.2) is 18.2 Å². The summed E-state index contributed by atoms with van der Waals surface area (Å²) in [5, 5.41) is 11.4. The average Bonchev–Trinajstić information content (AvgIpc) is 2.78. The number of amides is 2. The number of cyclic esters (lactones) is 1. The number of carbonyl (C=O) groups is 2. The van der Waals surface area contributed by atoms with E-state index in [-0.39, 0.29) is 40.5 Å². The number of ether oxygens (including phenoxy) is 3. The van der Waals surface area contributed by atoms with Gasteiger partial charge in [0, 0.05) is 37.2 Å². The number of carbonyl (C=O) groups excluding carboxylic acids is 2. The van der Waals surface area contributed by atoms with E-state index in [4.69, 9.17) is 14.2 Å². The zero-order valence-electron chi connectivity index (χ0n) is 18.8. The Kier molecular flexibility index (Phi) is 6.90. The van der Waals surface area contributed by atoms with Gasteiger partial charge in [-0.2, -0.15) is 0 Å². The second-order valence-corrected chi connectivity index (χ2v) is 8.76. The summed E-state index contributed by atoms with van der Waals surface area (Å²) in [5.74, 6) is 0.334. The van der Waals surface area contributed by atoms with Gasteiger partial charge in [0.25, 0.3) is 5.69 Å². The minimum absolute atomic E-state index is 0.0297. The fourth-order valence-corrected chi connectivity index (χ4v) is 4.03. The molecule has 0 aliphatic carbocycles. The van der Waals surface area contributed by atoms with Gasteiger partial charge in [-0.05, 0) is 25.0 Å². The van der Waals surface area contributed by atoms with Crippen LogP contribution >= 0.6 is 0 Å². The molecule has 0 bridgehead atoms. The third-order valence-corrected chi connectivity index (χ3v) is 5.77. The number of nitro benzene ring substituents is 1. The smallest absolute Gasteiger partial charge is 0.410 e. The van der Waals surface area contributed by atoms with Gasteiger partial charge in [-0.15, -0.1) is 0 Å². The maximum atomic E-state index is 12.7. The molecule has 2 fully saturated rings. The number of methoxy groups -OCH3 is 2. The van der Waals surface area contributed by atoms with Gasteiger partial charge < -0.3 is 24.0 Å². The zero-order chi connectivity index (χ0) is 23.5. The summed E-state index contributed by atoms with van der Waals surface area (Å²) in [7, 11) is 2.83. The van der Waals surface area contributed by atoms with E-state index in [0.29, 0.717) is 44.8 Å². The summed E-state index contributed by atoms with van der Waals surface area (Å²) < 4.78 is 15.6. The molecule has 0 aromatic heterocycles. The molecule has 2 amide bonds. The number of nitrogens with zero attached hydrogens (tertiary/aromatic N) is 3. The van der Waals surface area contributed by atoms with Crippen LogP contribution in [0.3, 0.4) is 0 Å². The molecule has 2 saturated heterocycles. The molecular weight excluding hydrogens is 418 g/mol. The monoisotopic (exact) mass is 447 g/mol. The fraction of sp³-hybridized carbons (Fsp3) is 0.545. The van der Waals surface area contributed by atoms with Crippen molar-refractivity contribution in [3.63, 3.8) is 0 Å². The van der Waals surface area contributed by atoms with Crippen LogP contribution in [0.1, 0.15) is 32.3 Å². The molecule has 0 N–H and O–H groups in total. The summed E-state index contributed by atoms with van der Waals surface area (Å²) in [6.45, 7) is 6.14. The van der Waals surface area contributed by atoms with Crippen molar-refractivity contribution in [2.45, 2.75) is 32.7 Å². The van der Waals surface area contributed by atoms with Crippen molar-refractivity contribution in [3.05, 3.63) is 33.9 Å². The van der Waals surface area contributed by atoms with Gasteiger partial charge in [-0.3, -0.25) is 14.9 Å². The van der Waals surface area contributed by atoms with E-state index < -0.39 is 4.92 Å². The van der Waals surface area contributed by atoms with Crippen LogP contribution in [-0.2, 0) is 9.53 Å². The Morgan fingerprint density at radius 2 is 1.84 bits per heavy atom. The van der Waals surface area contributed by atoms with Crippen LogP contribution in [0.2, 0.25) is 0 Å². The van der Waals surface area contributed by atoms with Crippen LogP contribution in [0.4, 0.5) is 10.5 Å². The maximum absolute atomic E-state index is 12.7. The number of piperidine rings is 1. The van der Waals surface area contributed by atoms with Crippen molar-refractivity contribution < 1.29 is 28.7 Å². The largest absolute Gasteiger partial charge is 0.493 e. The summed E-state index contributed by atoms with van der Waals surface area (Å²) in [4.78, 5) is 39.2. The number of rotatable bonds is 6. The predicted octanol–water partition coefficient (Wildman–Crippen LogP) is 3.09. The first-order valence-electron chi connectivity index (χ1n) is 10.5. The molecule has 0 saturated carbocycles. The van der Waals surface area contributed by atoms with E-state index >= 15 is 0 Å². The molecule has 10 heteroatoms. The summed E-state index contributed by atoms with van der Waals surface area (Å²) in [6, 6.07) is 2.77. The van der Waals surface area contributed by atoms with Crippen LogP contribution in [0.25, 0.3) is 6.08 Å². The first-order chi connectivity index (χ1) is 15.1. The molecule has 10 nitrogen and oxygen atoms in total. The zero-order valence-corrected chi connectivity index (χ0v) is 18.8. The topological polar surface area (TPSA) is 111 Å². The number of hydrogen-bond acceptors (Lipinski definition) is 7. The SMILES string of the molecule is COc1cc(C=CC(=O)N2CCC(N3CC(C)(C)COC3=O)CC2)c([N+](=O)[O-])cc1OC. The quantitative estimate of drug-likeness (QED) is 0.374. The third kappa shape index (κ3) is 5.12. The first kappa shape index (κ1) is 23.4. The molecule has 1 aromatic rings. The van der Waals surface area contributed by atoms with Crippen LogP contribution in [0.5, 0.6) is 11.5 Å². The van der Waals surface area contributed by atoms with Gasteiger partial charge in [0.1, 0.15) is 0 Å². The molecule has 32 heavy (non-hydrogen) atoms. The normalized spacial score (nSPS) is 19.1. The molecule has 0 spiro atoms. The van der Waals surface area contributed by atoms with Gasteiger partial charge in [-0.25, -0.2) is 4.79 Å². The minimum atomic E-state index is -0.531. The van der Waals surface area contributed by atoms with E-state index in [1.54, 1.807) is 9.80 Å². The summed E-state index contributed by atoms with van der Waals surface area (Å²) in [5.41, 5.74) is -0.0385. The Bertz CT molecular complexity index is 920. The van der Waals surface area contributed by atoms with Gasteiger partial charge >= 0.3 is 6.09 Å². The molecule has 0 atom stereocenters. The van der Waals surface area contributed by atoms with Gasteiger partial charge in [-0.1, -0.05) is 13.8 Å². The molecule has 1 aromatic carbocycles. The molecule has 2 heterocycles. The average molecular weight is 447 g/mol. The van der Waals surface area contributed by atoms with Gasteiger partial charge in [0.05, 0.1) is 37.4 Å². The van der Waals surface area contributed by atoms with E-state index in [1.165, 1.54) is 38.5 Å². The van der Waals surface area contributed by atoms with Crippen LogP contribution in [-0.4, -0.2) is 73.2 Å². The lowest BCUT2D eigenvalue weighted by Gasteiger charge is -2.44. The lowest BCUT2D eigenvalue weighted by Crippen LogP contribution is -2.55. The number of benzene rings is 1. The minimum Gasteiger partial charge on any atom is -0.493 e. The van der Waals surface area contributed by atoms with E-state index in [9.17, 15) is 19.7 Å². The number of likely N-dealkylation sites (tertiary alicyclic amines) is 1. The summed E-state index contributed by atoms with van der Waals surface area (Å²) in [6.07, 6.45) is 3.75. The second-order valence-electron chi connectivity index (χ2n) is 8.76. The standard InChI is InChI=1S/C22H29N3O7/c1-22(2)13-24(21(27)32-14-22)16-7-9-23(10-8-16)20(26)6-5-15-11-18(30-3)19(31-4)12-17(15)25(28)29/h5-6,11-12,16H,7-10,13-14H2,1-4H3. The fourth-order valence-electron chi connectivity index (χ4n) is 4.03. The highest BCUT2D eigenvalue weighted by Gasteiger charge is 2.38. The second kappa shape index (κ2) is 9.46. The molecule has 2 aliphatic heterocycles. The lowest BCUT2D eigenvalue weighted by molar-refractivity contribution is -0.385. The van der Waals surface area contributed by atoms with Crippen molar-refractivity contribution in [2.24, 2.45) is 5.41 Å². The van der Waals surface area contributed by atoms with Gasteiger partial charge in [0.15, 0.2) is 11.5 Å². The molecule has 0 radical (unpaired) electrons. The Hall–Kier alpha value is -3.30. The molecular formula is C22H29N3O7. The van der Waals surface area contributed by atoms with E-state index in [1.807, 2.05) is 0 Å². The number of hydrogen-bond donors (Lipinski definition) is 0. The Labute approximate surface area is 186 Å². The van der Waals surface area contributed by atoms with Crippen LogP contribution in [0, 0.1) is 15.5 Å². The molecule has 0 unspecified atom stereocenters. The van der Waals surface area contributed by atoms with Crippen molar-refractivity contribution in [1.29, 1.82) is 0 Å². The summed E-state index contributed by atoms with van der Waals surface area (Å²) >= 11 is 0. The highest BCUT2D eigenvalue weighted by Crippen LogP contribution is 2.35. The van der Waals surface area contributed by atoms with Gasteiger partial charge in [0.2, 0.25) is 5.91 Å². The van der Waals surface area contributed by atoms with E-state index in [0.717, 1.165) is 0 Å². The maximum Gasteiger partial charge on any atom is 0.410 e. The van der Waals surface area contributed by atoms with Crippen molar-refractivity contribution in [3.8, 4) is 11.5 Å². The first-order valence-corrected chi connectivity index (χ1v) is 10.5. The van der Waals surface area contributed by atoms with Crippen LogP contribution < -0.4 is 9.47 Å². The lowest BCUT2D eigenvalue weighted by atomic mass is 9.91.